The number of aryl methyl sites for hydroxylation is 2. The number of nitrogens with zero attached hydrogens (tertiary/aromatic N) is 2. The molecule has 0 N–H and O–H groups in total. The van der Waals surface area contributed by atoms with E-state index in [0.29, 0.717) is 16.7 Å². The van der Waals surface area contributed by atoms with Gasteiger partial charge in [0.25, 0.3) is 5.89 Å². The Kier molecular flexibility index (Phi) is 4.35. The van der Waals surface area contributed by atoms with Gasteiger partial charge in [-0.05, 0) is 56.2 Å². The molecule has 0 fully saturated rings. The highest BCUT2D eigenvalue weighted by molar-refractivity contribution is 6.33. The van der Waals surface area contributed by atoms with E-state index in [9.17, 15) is 0 Å². The highest BCUT2D eigenvalue weighted by Gasteiger charge is 2.18. The Bertz CT molecular complexity index is 829. The van der Waals surface area contributed by atoms with Crippen LogP contribution in [0.5, 0.6) is 5.75 Å². The molecule has 118 valence electrons. The molecule has 0 radical (unpaired) electrons. The van der Waals surface area contributed by atoms with E-state index in [-0.39, 0.29) is 6.10 Å². The van der Waals surface area contributed by atoms with E-state index in [1.165, 1.54) is 11.1 Å². The monoisotopic (exact) mass is 328 g/mol. The van der Waals surface area contributed by atoms with Gasteiger partial charge in [-0.15, -0.1) is 0 Å². The van der Waals surface area contributed by atoms with Gasteiger partial charge in [0.2, 0.25) is 5.82 Å². The quantitative estimate of drug-likeness (QED) is 0.664. The fourth-order valence-corrected chi connectivity index (χ4v) is 2.41. The first-order valence-corrected chi connectivity index (χ1v) is 7.75. The van der Waals surface area contributed by atoms with Crippen molar-refractivity contribution in [2.75, 3.05) is 0 Å². The predicted octanol–water partition coefficient (Wildman–Crippen LogP) is 5.15. The van der Waals surface area contributed by atoms with Crippen molar-refractivity contribution < 1.29 is 9.26 Å². The topological polar surface area (TPSA) is 48.2 Å². The molecule has 4 nitrogen and oxygen atoms in total. The molecule has 1 aromatic heterocycles. The fraction of sp³-hybridized carbons (Fsp3) is 0.222. The second kappa shape index (κ2) is 6.42. The van der Waals surface area contributed by atoms with Crippen molar-refractivity contribution in [3.05, 3.63) is 64.5 Å². The second-order valence-electron chi connectivity index (χ2n) is 5.44. The van der Waals surface area contributed by atoms with E-state index in [1.54, 1.807) is 6.07 Å². The van der Waals surface area contributed by atoms with E-state index < -0.39 is 0 Å². The number of ether oxygens (including phenoxy) is 1. The molecule has 1 unspecified atom stereocenters. The third kappa shape index (κ3) is 3.37. The Morgan fingerprint density at radius 3 is 2.61 bits per heavy atom. The molecule has 23 heavy (non-hydrogen) atoms. The minimum atomic E-state index is -0.346. The van der Waals surface area contributed by atoms with Crippen molar-refractivity contribution in [2.24, 2.45) is 0 Å². The van der Waals surface area contributed by atoms with Gasteiger partial charge in [0.1, 0.15) is 5.75 Å². The van der Waals surface area contributed by atoms with Gasteiger partial charge in [-0.3, -0.25) is 0 Å². The molecule has 2 aromatic carbocycles. The Morgan fingerprint density at radius 2 is 1.87 bits per heavy atom. The van der Waals surface area contributed by atoms with Crippen LogP contribution >= 0.6 is 11.6 Å². The Balaban J connectivity index is 1.80. The van der Waals surface area contributed by atoms with Gasteiger partial charge >= 0.3 is 0 Å². The molecule has 3 rings (SSSR count). The summed E-state index contributed by atoms with van der Waals surface area (Å²) in [7, 11) is 0. The van der Waals surface area contributed by atoms with Crippen molar-refractivity contribution in [2.45, 2.75) is 26.9 Å². The van der Waals surface area contributed by atoms with Crippen molar-refractivity contribution in [1.29, 1.82) is 0 Å². The standard InChI is InChI=1S/C18H17ClN2O2/c1-11-8-9-14(10-12(11)2)22-13(3)18-20-17(21-23-18)15-6-4-5-7-16(15)19/h4-10,13H,1-3H3. The average Bonchev–Trinajstić information content (AvgIpc) is 3.01. The zero-order valence-electron chi connectivity index (χ0n) is 13.2. The van der Waals surface area contributed by atoms with Crippen molar-refractivity contribution in [3.8, 4) is 17.1 Å². The van der Waals surface area contributed by atoms with E-state index >= 15 is 0 Å². The van der Waals surface area contributed by atoms with Gasteiger partial charge in [0, 0.05) is 5.56 Å². The van der Waals surface area contributed by atoms with E-state index in [1.807, 2.05) is 43.3 Å². The average molecular weight is 329 g/mol. The third-order valence-corrected chi connectivity index (χ3v) is 4.03. The van der Waals surface area contributed by atoms with Gasteiger partial charge in [-0.1, -0.05) is 35.0 Å². The van der Waals surface area contributed by atoms with E-state index in [4.69, 9.17) is 20.9 Å². The summed E-state index contributed by atoms with van der Waals surface area (Å²) >= 11 is 6.16. The van der Waals surface area contributed by atoms with Crippen LogP contribution in [-0.2, 0) is 0 Å². The van der Waals surface area contributed by atoms with Crippen LogP contribution in [0.25, 0.3) is 11.4 Å². The zero-order valence-corrected chi connectivity index (χ0v) is 14.0. The maximum absolute atomic E-state index is 6.16. The smallest absolute Gasteiger partial charge is 0.267 e. The summed E-state index contributed by atoms with van der Waals surface area (Å²) in [5.41, 5.74) is 3.14. The van der Waals surface area contributed by atoms with Crippen LogP contribution in [0.2, 0.25) is 5.02 Å². The number of hydrogen-bond acceptors (Lipinski definition) is 4. The highest BCUT2D eigenvalue weighted by atomic mass is 35.5. The summed E-state index contributed by atoms with van der Waals surface area (Å²) in [5.74, 6) is 1.65. The van der Waals surface area contributed by atoms with Gasteiger partial charge in [-0.2, -0.15) is 4.98 Å². The summed E-state index contributed by atoms with van der Waals surface area (Å²) in [4.78, 5) is 4.39. The molecule has 0 bridgehead atoms. The van der Waals surface area contributed by atoms with Crippen LogP contribution in [-0.4, -0.2) is 10.1 Å². The van der Waals surface area contributed by atoms with Crippen molar-refractivity contribution in [3.63, 3.8) is 0 Å². The lowest BCUT2D eigenvalue weighted by Gasteiger charge is -2.12. The zero-order chi connectivity index (χ0) is 16.4. The van der Waals surface area contributed by atoms with Crippen LogP contribution in [0, 0.1) is 13.8 Å². The normalized spacial score (nSPS) is 12.2. The van der Waals surface area contributed by atoms with Crippen LogP contribution in [0.3, 0.4) is 0 Å². The van der Waals surface area contributed by atoms with Crippen LogP contribution < -0.4 is 4.74 Å². The molecule has 0 aliphatic rings. The lowest BCUT2D eigenvalue weighted by molar-refractivity contribution is 0.175. The van der Waals surface area contributed by atoms with Gasteiger partial charge in [-0.25, -0.2) is 0 Å². The number of rotatable bonds is 4. The summed E-state index contributed by atoms with van der Waals surface area (Å²) in [6.45, 7) is 5.99. The minimum Gasteiger partial charge on any atom is -0.481 e. The van der Waals surface area contributed by atoms with Crippen LogP contribution in [0.1, 0.15) is 30.0 Å². The fourth-order valence-electron chi connectivity index (χ4n) is 2.19. The van der Waals surface area contributed by atoms with Gasteiger partial charge in [0.15, 0.2) is 6.10 Å². The van der Waals surface area contributed by atoms with Crippen molar-refractivity contribution in [1.82, 2.24) is 10.1 Å². The Labute approximate surface area is 140 Å². The number of hydrogen-bond donors (Lipinski definition) is 0. The Morgan fingerprint density at radius 1 is 1.09 bits per heavy atom. The van der Waals surface area contributed by atoms with Crippen LogP contribution in [0.4, 0.5) is 0 Å². The van der Waals surface area contributed by atoms with E-state index in [2.05, 4.69) is 24.0 Å². The molecule has 0 spiro atoms. The molecule has 0 saturated heterocycles. The lowest BCUT2D eigenvalue weighted by atomic mass is 10.1. The first-order chi connectivity index (χ1) is 11.0. The minimum absolute atomic E-state index is 0.346. The molecule has 5 heteroatoms. The second-order valence-corrected chi connectivity index (χ2v) is 5.85. The maximum Gasteiger partial charge on any atom is 0.267 e. The van der Waals surface area contributed by atoms with Gasteiger partial charge < -0.3 is 9.26 Å². The molecule has 3 aromatic rings. The highest BCUT2D eigenvalue weighted by Crippen LogP contribution is 2.28. The molecule has 1 heterocycles. The molecule has 0 aliphatic heterocycles. The third-order valence-electron chi connectivity index (χ3n) is 3.70. The maximum atomic E-state index is 6.16. The van der Waals surface area contributed by atoms with E-state index in [0.717, 1.165) is 11.3 Å². The van der Waals surface area contributed by atoms with Crippen LogP contribution in [0.15, 0.2) is 47.0 Å². The molecule has 0 amide bonds. The molecule has 0 aliphatic carbocycles. The summed E-state index contributed by atoms with van der Waals surface area (Å²) in [6, 6.07) is 13.3. The first kappa shape index (κ1) is 15.6. The first-order valence-electron chi connectivity index (χ1n) is 7.37. The molecule has 1 atom stereocenters. The lowest BCUT2D eigenvalue weighted by Crippen LogP contribution is -2.03. The number of halogens is 1. The largest absolute Gasteiger partial charge is 0.481 e. The summed E-state index contributed by atoms with van der Waals surface area (Å²) in [6.07, 6.45) is -0.346. The Hall–Kier alpha value is -2.33. The molecular formula is C18H17ClN2O2. The van der Waals surface area contributed by atoms with Gasteiger partial charge in [0.05, 0.1) is 5.02 Å². The van der Waals surface area contributed by atoms with Crippen molar-refractivity contribution >= 4 is 11.6 Å². The predicted molar refractivity (Wildman–Crippen MR) is 89.7 cm³/mol. The molecular weight excluding hydrogens is 312 g/mol. The summed E-state index contributed by atoms with van der Waals surface area (Å²) in [5, 5.41) is 4.58. The summed E-state index contributed by atoms with van der Waals surface area (Å²) < 4.78 is 11.2. The number of benzene rings is 2. The SMILES string of the molecule is Cc1ccc(OC(C)c2nc(-c3ccccc3Cl)no2)cc1C. The number of aromatic nitrogens is 2. The molecule has 0 saturated carbocycles.